The second-order valence-corrected chi connectivity index (χ2v) is 7.95. The molecule has 22 heteroatoms. The van der Waals surface area contributed by atoms with Gasteiger partial charge in [0.25, 0.3) is 0 Å². The third-order valence-electron chi connectivity index (χ3n) is 1.43. The normalized spacial score (nSPS) is 7.77. The molecule has 15 N–H and O–H groups in total. The first-order valence-electron chi connectivity index (χ1n) is 11.3. The van der Waals surface area contributed by atoms with Gasteiger partial charge in [0.2, 0.25) is 0 Å². The molecule has 0 heterocycles. The Morgan fingerprint density at radius 2 is 0.545 bits per heavy atom. The van der Waals surface area contributed by atoms with Crippen LogP contribution in [0.4, 0.5) is 0 Å². The van der Waals surface area contributed by atoms with Gasteiger partial charge in [-0.05, 0) is 62.3 Å². The summed E-state index contributed by atoms with van der Waals surface area (Å²) < 4.78 is 29.0. The molecule has 0 fully saturated rings. The van der Waals surface area contributed by atoms with Crippen LogP contribution in [0.25, 0.3) is 0 Å². The van der Waals surface area contributed by atoms with Crippen LogP contribution in [0.15, 0.2) is 0 Å². The minimum absolute atomic E-state index is 0. The summed E-state index contributed by atoms with van der Waals surface area (Å²) in [6.45, 7) is 20.2. The predicted octanol–water partition coefficient (Wildman–Crippen LogP) is 3.09. The number of aliphatic hydroxyl groups is 3. The molecule has 0 aliphatic rings. The summed E-state index contributed by atoms with van der Waals surface area (Å²) in [6, 6.07) is 0. The van der Waals surface area contributed by atoms with Crippen LogP contribution in [0, 0.1) is 0 Å². The summed E-state index contributed by atoms with van der Waals surface area (Å²) in [5.74, 6) is 0. The Balaban J connectivity index is -0.0000000203. The van der Waals surface area contributed by atoms with E-state index < -0.39 is 34.4 Å². The van der Waals surface area contributed by atoms with Crippen LogP contribution >= 0.6 is 34.4 Å². The van der Waals surface area contributed by atoms with Crippen LogP contribution in [0.3, 0.4) is 0 Å². The number of hydrogen-bond acceptors (Lipinski definition) is 15. The van der Waals surface area contributed by atoms with Gasteiger partial charge in [-0.2, -0.15) is 0 Å². The van der Waals surface area contributed by atoms with Crippen LogP contribution in [-0.2, 0) is 27.1 Å². The summed E-state index contributed by atoms with van der Waals surface area (Å²) in [5, 5.41) is 22.7. The van der Waals surface area contributed by atoms with E-state index in [1.165, 1.54) is 0 Å². The zero-order valence-corrected chi connectivity index (χ0v) is 28.7. The molecule has 0 aliphatic carbocycles. The monoisotopic (exact) mass is 752 g/mol. The third-order valence-corrected chi connectivity index (χ3v) is 4.28. The highest BCUT2D eigenvalue weighted by molar-refractivity contribution is 7.41. The van der Waals surface area contributed by atoms with Crippen molar-refractivity contribution in [3.05, 3.63) is 0 Å². The first kappa shape index (κ1) is 90.7. The van der Waals surface area contributed by atoms with Crippen molar-refractivity contribution >= 4 is 34.4 Å². The summed E-state index contributed by atoms with van der Waals surface area (Å²) in [5.41, 5.74) is 0. The van der Waals surface area contributed by atoms with Gasteiger partial charge in [-0.25, -0.2) is 0 Å². The SMILES string of the molecule is C.C.C.C.CCO.CCO.CCO.CCOP(O)O.CCOP(O)OCC.CCOP(OCC)OCC.O.O.O.OP(O)O. The molecule has 0 saturated heterocycles. The van der Waals surface area contributed by atoms with Gasteiger partial charge in [-0.1, -0.05) is 29.7 Å². The fourth-order valence-corrected chi connectivity index (χ4v) is 2.40. The van der Waals surface area contributed by atoms with E-state index in [-0.39, 0.29) is 66.0 Å². The molecule has 0 rings (SSSR count). The highest BCUT2D eigenvalue weighted by Crippen LogP contribution is 2.38. The van der Waals surface area contributed by atoms with Gasteiger partial charge in [0.15, 0.2) is 0 Å². The molecule has 0 aromatic rings. The van der Waals surface area contributed by atoms with E-state index in [1.807, 2.05) is 34.6 Å². The minimum atomic E-state index is -2.62. The molecule has 0 unspecified atom stereocenters. The van der Waals surface area contributed by atoms with Crippen molar-refractivity contribution < 1.29 is 88.3 Å². The van der Waals surface area contributed by atoms with E-state index in [4.69, 9.17) is 58.3 Å². The Morgan fingerprint density at radius 3 is 0.636 bits per heavy atom. The molecule has 44 heavy (non-hydrogen) atoms. The lowest BCUT2D eigenvalue weighted by molar-refractivity contribution is 0.176. The van der Waals surface area contributed by atoms with E-state index in [9.17, 15) is 0 Å². The third kappa shape index (κ3) is 210. The van der Waals surface area contributed by atoms with Crippen molar-refractivity contribution in [2.45, 2.75) is 92.0 Å². The van der Waals surface area contributed by atoms with Gasteiger partial charge < -0.3 is 88.3 Å². The lowest BCUT2D eigenvalue weighted by Gasteiger charge is -2.12. The molecule has 0 saturated carbocycles. The van der Waals surface area contributed by atoms with Crippen molar-refractivity contribution in [2.24, 2.45) is 0 Å². The summed E-state index contributed by atoms with van der Waals surface area (Å²) in [7, 11) is -7.36. The number of aliphatic hydroxyl groups excluding tert-OH is 3. The van der Waals surface area contributed by atoms with Crippen LogP contribution in [-0.4, -0.2) is 121 Å². The molecule has 0 bridgehead atoms. The van der Waals surface area contributed by atoms with Crippen molar-refractivity contribution in [1.82, 2.24) is 0 Å². The van der Waals surface area contributed by atoms with E-state index >= 15 is 0 Å². The molecule has 0 atom stereocenters. The zero-order chi connectivity index (χ0) is 30.9. The van der Waals surface area contributed by atoms with Crippen molar-refractivity contribution in [3.8, 4) is 0 Å². The van der Waals surface area contributed by atoms with Crippen molar-refractivity contribution in [1.29, 1.82) is 0 Å². The van der Waals surface area contributed by atoms with Crippen LogP contribution in [0.2, 0.25) is 0 Å². The molecule has 292 valence electrons. The van der Waals surface area contributed by atoms with Gasteiger partial charge >= 0.3 is 34.4 Å². The van der Waals surface area contributed by atoms with Crippen molar-refractivity contribution in [2.75, 3.05) is 59.5 Å². The van der Waals surface area contributed by atoms with Crippen LogP contribution < -0.4 is 0 Å². The topological polar surface area (TPSA) is 332 Å². The maximum atomic E-state index is 8.67. The Morgan fingerprint density at radius 1 is 0.386 bits per heavy atom. The fraction of sp³-hybridized carbons (Fsp3) is 1.00. The van der Waals surface area contributed by atoms with E-state index in [0.717, 1.165) is 0 Å². The molecule has 18 nitrogen and oxygen atoms in total. The standard InChI is InChI=1S/C6H15O3P.C4H11O3P.C2H7O3P.3C2H6O.4CH4.H3O3P.3H2O/c1-4-7-10(8-5-2)9-6-3;1-3-6-8(5)7-4-2;1-2-5-6(3)4;3*1-2-3;;;;;1-4(2)3;;;/h4-6H2,1-3H3;5H,3-4H2,1-2H3;3-4H,2H2,1H3;3*3H,2H2,1H3;4*1H4;1-3H;3*1H2. The van der Waals surface area contributed by atoms with Gasteiger partial charge in [0, 0.05) is 19.8 Å². The van der Waals surface area contributed by atoms with Gasteiger partial charge in [0.1, 0.15) is 0 Å². The average Bonchev–Trinajstić information content (AvgIpc) is 2.77. The van der Waals surface area contributed by atoms with Gasteiger partial charge in [-0.15, -0.1) is 0 Å². The van der Waals surface area contributed by atoms with E-state index in [2.05, 4.69) is 13.6 Å². The molecule has 0 aromatic carbocycles. The van der Waals surface area contributed by atoms with E-state index in [1.54, 1.807) is 27.7 Å². The molecule has 0 aliphatic heterocycles. The Hall–Kier alpha value is 1.000. The number of hydrogen-bond donors (Lipinski definition) is 9. The van der Waals surface area contributed by atoms with Crippen molar-refractivity contribution in [3.63, 3.8) is 0 Å². The predicted molar refractivity (Wildman–Crippen MR) is 187 cm³/mol. The zero-order valence-electron chi connectivity index (χ0n) is 25.1. The Kier molecular flexibility index (Phi) is 214. The highest BCUT2D eigenvalue weighted by Gasteiger charge is 2.07. The molecule has 0 amide bonds. The second kappa shape index (κ2) is 104. The number of rotatable bonds is 12. The Labute approximate surface area is 274 Å². The lowest BCUT2D eigenvalue weighted by atomic mass is 10.9. The molecular weight excluding hydrogens is 676 g/mol. The van der Waals surface area contributed by atoms with Crippen LogP contribution in [0.1, 0.15) is 92.0 Å². The van der Waals surface area contributed by atoms with Crippen LogP contribution in [0.5, 0.6) is 0 Å². The van der Waals surface area contributed by atoms with Gasteiger partial charge in [-0.3, -0.25) is 0 Å². The first-order chi connectivity index (χ1) is 17.4. The van der Waals surface area contributed by atoms with E-state index in [0.29, 0.717) is 39.6 Å². The summed E-state index contributed by atoms with van der Waals surface area (Å²) in [6.07, 6.45) is 0. The smallest absolute Gasteiger partial charge is 0.332 e. The lowest BCUT2D eigenvalue weighted by Crippen LogP contribution is -1.94. The first-order valence-corrected chi connectivity index (χ1v) is 15.9. The summed E-state index contributed by atoms with van der Waals surface area (Å²) >= 11 is 0. The molecule has 0 aromatic heterocycles. The molecular formula is C22H76O18P4. The second-order valence-electron chi connectivity index (χ2n) is 4.44. The maximum absolute atomic E-state index is 8.67. The minimum Gasteiger partial charge on any atom is -0.412 e. The molecule has 0 spiro atoms. The summed E-state index contributed by atoms with van der Waals surface area (Å²) in [4.78, 5) is 46.3. The van der Waals surface area contributed by atoms with Gasteiger partial charge in [0.05, 0.1) is 39.6 Å². The largest absolute Gasteiger partial charge is 0.412 e. The maximum Gasteiger partial charge on any atom is 0.332 e. The highest BCUT2D eigenvalue weighted by atomic mass is 31.2. The molecule has 0 radical (unpaired) electrons. The average molecular weight is 753 g/mol. The Bertz CT molecular complexity index is 284. The quantitative estimate of drug-likeness (QED) is 0.129. The fourth-order valence-electron chi connectivity index (χ4n) is 0.802.